The third-order valence-electron chi connectivity index (χ3n) is 4.18. The van der Waals surface area contributed by atoms with Crippen LogP contribution in [0.4, 0.5) is 0 Å². The smallest absolute Gasteiger partial charge is 0.231 e. The lowest BCUT2D eigenvalue weighted by Gasteiger charge is -2.11. The van der Waals surface area contributed by atoms with Crippen LogP contribution < -0.4 is 9.47 Å². The third-order valence-corrected chi connectivity index (χ3v) is 4.18. The van der Waals surface area contributed by atoms with Gasteiger partial charge >= 0.3 is 0 Å². The van der Waals surface area contributed by atoms with Crippen LogP contribution in [-0.4, -0.2) is 28.3 Å². The van der Waals surface area contributed by atoms with Gasteiger partial charge in [0.1, 0.15) is 5.52 Å². The van der Waals surface area contributed by atoms with Gasteiger partial charge in [0.25, 0.3) is 0 Å². The fourth-order valence-electron chi connectivity index (χ4n) is 3.01. The highest BCUT2D eigenvalue weighted by Gasteiger charge is 2.13. The van der Waals surface area contributed by atoms with Gasteiger partial charge in [-0.05, 0) is 49.7 Å². The summed E-state index contributed by atoms with van der Waals surface area (Å²) >= 11 is 0. The summed E-state index contributed by atoms with van der Waals surface area (Å²) in [6.45, 7) is 6.86. The molecule has 4 aromatic rings. The van der Waals surface area contributed by atoms with Gasteiger partial charge in [-0.25, -0.2) is 4.98 Å². The minimum absolute atomic E-state index is 0.505. The Kier molecular flexibility index (Phi) is 4.97. The van der Waals surface area contributed by atoms with E-state index in [1.54, 1.807) is 0 Å². The van der Waals surface area contributed by atoms with Crippen LogP contribution in [-0.2, 0) is 6.42 Å². The molecule has 0 aliphatic rings. The second-order valence-corrected chi connectivity index (χ2v) is 6.25. The molecule has 0 aliphatic heterocycles. The van der Waals surface area contributed by atoms with Gasteiger partial charge in [0.2, 0.25) is 11.7 Å². The van der Waals surface area contributed by atoms with Crippen molar-refractivity contribution in [3.8, 4) is 22.9 Å². The predicted octanol–water partition coefficient (Wildman–Crippen LogP) is 4.57. The van der Waals surface area contributed by atoms with Crippen LogP contribution in [0.3, 0.4) is 0 Å². The first-order valence-electron chi connectivity index (χ1n) is 9.25. The molecule has 2 heterocycles. The Balaban J connectivity index is 1.56. The number of rotatable bonds is 7. The summed E-state index contributed by atoms with van der Waals surface area (Å²) in [5, 5.41) is 4.10. The van der Waals surface area contributed by atoms with Crippen molar-refractivity contribution in [2.45, 2.75) is 27.2 Å². The highest BCUT2D eigenvalue weighted by Crippen LogP contribution is 2.29. The number of oxazole rings is 1. The molecule has 7 heteroatoms. The molecule has 0 unspecified atom stereocenters. The monoisotopic (exact) mass is 379 g/mol. The lowest BCUT2D eigenvalue weighted by atomic mass is 10.1. The predicted molar refractivity (Wildman–Crippen MR) is 104 cm³/mol. The number of fused-ring (bicyclic) bond motifs is 1. The molecule has 0 aliphatic carbocycles. The second-order valence-electron chi connectivity index (χ2n) is 6.25. The molecule has 0 spiro atoms. The highest BCUT2D eigenvalue weighted by molar-refractivity contribution is 5.78. The van der Waals surface area contributed by atoms with Gasteiger partial charge in [-0.2, -0.15) is 4.98 Å². The van der Waals surface area contributed by atoms with Gasteiger partial charge < -0.3 is 18.4 Å². The normalized spacial score (nSPS) is 11.1. The minimum atomic E-state index is 0.505. The molecule has 144 valence electrons. The molecule has 0 N–H and O–H groups in total. The van der Waals surface area contributed by atoms with Crippen LogP contribution in [0.5, 0.6) is 11.5 Å². The van der Waals surface area contributed by atoms with Crippen molar-refractivity contribution < 1.29 is 18.4 Å². The molecule has 28 heavy (non-hydrogen) atoms. The Morgan fingerprint density at radius 1 is 0.929 bits per heavy atom. The first kappa shape index (κ1) is 18.0. The van der Waals surface area contributed by atoms with Gasteiger partial charge in [-0.3, -0.25) is 0 Å². The van der Waals surface area contributed by atoms with Crippen LogP contribution in [0.2, 0.25) is 0 Å². The Morgan fingerprint density at radius 3 is 2.57 bits per heavy atom. The van der Waals surface area contributed by atoms with Crippen molar-refractivity contribution in [2.24, 2.45) is 0 Å². The van der Waals surface area contributed by atoms with E-state index in [9.17, 15) is 0 Å². The fourth-order valence-corrected chi connectivity index (χ4v) is 3.01. The van der Waals surface area contributed by atoms with E-state index in [0.717, 1.165) is 28.0 Å². The maximum absolute atomic E-state index is 5.68. The van der Waals surface area contributed by atoms with Crippen LogP contribution in [0.25, 0.3) is 22.5 Å². The van der Waals surface area contributed by atoms with Crippen LogP contribution in [0.1, 0.15) is 31.2 Å². The quantitative estimate of drug-likeness (QED) is 0.465. The Labute approximate surface area is 162 Å². The first-order chi connectivity index (χ1) is 13.7. The number of benzene rings is 2. The van der Waals surface area contributed by atoms with Crippen LogP contribution >= 0.6 is 0 Å². The molecule has 7 nitrogen and oxygen atoms in total. The van der Waals surface area contributed by atoms with Crippen LogP contribution in [0.15, 0.2) is 45.3 Å². The van der Waals surface area contributed by atoms with Gasteiger partial charge in [-0.15, -0.1) is 0 Å². The van der Waals surface area contributed by atoms with E-state index < -0.39 is 0 Å². The molecule has 0 saturated carbocycles. The van der Waals surface area contributed by atoms with E-state index in [1.165, 1.54) is 0 Å². The Bertz CT molecular complexity index is 1100. The van der Waals surface area contributed by atoms with Gasteiger partial charge in [0, 0.05) is 12.5 Å². The standard InChI is InChI=1S/C21H21N3O4/c1-4-25-18-8-6-14(10-19(18)26-5-2)11-20-23-21(24-28-20)15-7-9-17-16(12-15)22-13(3)27-17/h6-10,12H,4-5,11H2,1-3H3. The largest absolute Gasteiger partial charge is 0.490 e. The summed E-state index contributed by atoms with van der Waals surface area (Å²) in [5.74, 6) is 3.12. The zero-order valence-corrected chi connectivity index (χ0v) is 16.1. The third kappa shape index (κ3) is 3.69. The van der Waals surface area contributed by atoms with E-state index in [-0.39, 0.29) is 0 Å². The summed E-state index contributed by atoms with van der Waals surface area (Å²) in [6.07, 6.45) is 0.505. The first-order valence-corrected chi connectivity index (χ1v) is 9.25. The number of nitrogens with zero attached hydrogens (tertiary/aromatic N) is 3. The molecular formula is C21H21N3O4. The zero-order chi connectivity index (χ0) is 19.5. The lowest BCUT2D eigenvalue weighted by Crippen LogP contribution is -1.99. The lowest BCUT2D eigenvalue weighted by molar-refractivity contribution is 0.287. The summed E-state index contributed by atoms with van der Waals surface area (Å²) in [6, 6.07) is 11.5. The number of aryl methyl sites for hydroxylation is 1. The van der Waals surface area contributed by atoms with Crippen LogP contribution in [0, 0.1) is 6.92 Å². The second kappa shape index (κ2) is 7.72. The van der Waals surface area contributed by atoms with E-state index in [0.29, 0.717) is 43.0 Å². The molecule has 0 amide bonds. The van der Waals surface area contributed by atoms with Crippen molar-refractivity contribution in [2.75, 3.05) is 13.2 Å². The zero-order valence-electron chi connectivity index (χ0n) is 16.1. The Morgan fingerprint density at radius 2 is 1.75 bits per heavy atom. The van der Waals surface area contributed by atoms with Gasteiger partial charge in [0.05, 0.1) is 19.6 Å². The molecule has 0 radical (unpaired) electrons. The summed E-state index contributed by atoms with van der Waals surface area (Å²) < 4.78 is 22.2. The molecular weight excluding hydrogens is 358 g/mol. The van der Waals surface area contributed by atoms with Gasteiger partial charge in [-0.1, -0.05) is 11.2 Å². The number of hydrogen-bond acceptors (Lipinski definition) is 7. The van der Waals surface area contributed by atoms with E-state index >= 15 is 0 Å². The highest BCUT2D eigenvalue weighted by atomic mass is 16.5. The molecule has 0 atom stereocenters. The van der Waals surface area contributed by atoms with Crippen molar-refractivity contribution in [1.82, 2.24) is 15.1 Å². The minimum Gasteiger partial charge on any atom is -0.490 e. The number of aromatic nitrogens is 3. The topological polar surface area (TPSA) is 83.4 Å². The molecule has 4 rings (SSSR count). The molecule has 0 bridgehead atoms. The Hall–Kier alpha value is -3.35. The maximum Gasteiger partial charge on any atom is 0.231 e. The van der Waals surface area contributed by atoms with Crippen molar-refractivity contribution in [3.63, 3.8) is 0 Å². The van der Waals surface area contributed by atoms with Crippen molar-refractivity contribution >= 4 is 11.1 Å². The number of hydrogen-bond donors (Lipinski definition) is 0. The van der Waals surface area contributed by atoms with Crippen molar-refractivity contribution in [3.05, 3.63) is 53.7 Å². The number of ether oxygens (including phenoxy) is 2. The maximum atomic E-state index is 5.68. The summed E-state index contributed by atoms with van der Waals surface area (Å²) in [7, 11) is 0. The van der Waals surface area contributed by atoms with E-state index in [1.807, 2.05) is 57.2 Å². The molecule has 2 aromatic heterocycles. The average molecular weight is 379 g/mol. The molecule has 0 fully saturated rings. The van der Waals surface area contributed by atoms with E-state index in [2.05, 4.69) is 15.1 Å². The summed E-state index contributed by atoms with van der Waals surface area (Å²) in [5.41, 5.74) is 3.35. The van der Waals surface area contributed by atoms with Crippen molar-refractivity contribution in [1.29, 1.82) is 0 Å². The molecule has 2 aromatic carbocycles. The van der Waals surface area contributed by atoms with Gasteiger partial charge in [0.15, 0.2) is 23.0 Å². The fraction of sp³-hybridized carbons (Fsp3) is 0.286. The average Bonchev–Trinajstić information content (AvgIpc) is 3.29. The summed E-state index contributed by atoms with van der Waals surface area (Å²) in [4.78, 5) is 8.86. The SMILES string of the molecule is CCOc1ccc(Cc2nc(-c3ccc4oc(C)nc4c3)no2)cc1OCC. The molecule has 0 saturated heterocycles. The van der Waals surface area contributed by atoms with E-state index in [4.69, 9.17) is 18.4 Å².